The zero-order valence-corrected chi connectivity index (χ0v) is 18.1. The molecule has 0 amide bonds. The van der Waals surface area contributed by atoms with Gasteiger partial charge in [0.1, 0.15) is 12.7 Å². The number of benzene rings is 1. The van der Waals surface area contributed by atoms with Crippen LogP contribution < -0.4 is 4.74 Å². The number of carboxylic acids is 1. The third-order valence-electron chi connectivity index (χ3n) is 6.21. The van der Waals surface area contributed by atoms with Crippen LogP contribution in [0.3, 0.4) is 0 Å². The first-order chi connectivity index (χ1) is 14.8. The van der Waals surface area contributed by atoms with Gasteiger partial charge in [0.05, 0.1) is 12.2 Å². The Morgan fingerprint density at radius 3 is 2.97 bits per heavy atom. The second kappa shape index (κ2) is 11.3. The molecule has 172 valence electrons. The highest BCUT2D eigenvalue weighted by Gasteiger charge is 2.43. The van der Waals surface area contributed by atoms with Crippen LogP contribution in [0.5, 0.6) is 5.75 Å². The van der Waals surface area contributed by atoms with Crippen molar-refractivity contribution in [2.75, 3.05) is 13.2 Å². The van der Waals surface area contributed by atoms with Gasteiger partial charge in [-0.15, -0.1) is 0 Å². The highest BCUT2D eigenvalue weighted by molar-refractivity contribution is 6.30. The summed E-state index contributed by atoms with van der Waals surface area (Å²) in [5.41, 5.74) is 0. The summed E-state index contributed by atoms with van der Waals surface area (Å²) < 4.78 is 25.1. The monoisotopic (exact) mass is 456 g/mol. The zero-order valence-electron chi connectivity index (χ0n) is 17.3. The van der Waals surface area contributed by atoms with Gasteiger partial charge in [0, 0.05) is 36.5 Å². The lowest BCUT2D eigenvalue weighted by Gasteiger charge is -2.21. The van der Waals surface area contributed by atoms with E-state index in [9.17, 15) is 19.4 Å². The van der Waals surface area contributed by atoms with E-state index in [-0.39, 0.29) is 36.7 Å². The number of carbonyl (C=O) groups is 1. The maximum Gasteiger partial charge on any atom is 0.303 e. The molecule has 3 N–H and O–H groups in total. The maximum atomic E-state index is 13.7. The molecule has 1 aromatic rings. The Balaban J connectivity index is 1.51. The Morgan fingerprint density at radius 1 is 1.39 bits per heavy atom. The minimum atomic E-state index is -0.958. The van der Waals surface area contributed by atoms with Gasteiger partial charge in [-0.3, -0.25) is 4.79 Å². The Kier molecular flexibility index (Phi) is 8.72. The van der Waals surface area contributed by atoms with Crippen LogP contribution in [0.25, 0.3) is 0 Å². The maximum absolute atomic E-state index is 13.7. The molecule has 0 unspecified atom stereocenters. The molecule has 0 aromatic heterocycles. The molecule has 6 nitrogen and oxygen atoms in total. The van der Waals surface area contributed by atoms with E-state index in [1.54, 1.807) is 6.08 Å². The molecule has 1 aliphatic heterocycles. The summed E-state index contributed by atoms with van der Waals surface area (Å²) in [5, 5.41) is 29.9. The molecule has 8 heteroatoms. The van der Waals surface area contributed by atoms with E-state index in [1.165, 1.54) is 18.2 Å². The van der Waals surface area contributed by atoms with Gasteiger partial charge in [-0.25, -0.2) is 4.39 Å². The Hall–Kier alpha value is -1.67. The number of aliphatic hydroxyl groups excluding tert-OH is 2. The first kappa shape index (κ1) is 24.0. The van der Waals surface area contributed by atoms with Gasteiger partial charge in [0.2, 0.25) is 0 Å². The summed E-state index contributed by atoms with van der Waals surface area (Å²) >= 11 is 5.84. The summed E-state index contributed by atoms with van der Waals surface area (Å²) in [7, 11) is 0. The highest BCUT2D eigenvalue weighted by Crippen LogP contribution is 2.42. The molecule has 1 aromatic carbocycles. The van der Waals surface area contributed by atoms with Gasteiger partial charge in [-0.05, 0) is 49.7 Å². The molecule has 1 heterocycles. The number of rotatable bonds is 9. The van der Waals surface area contributed by atoms with Crippen molar-refractivity contribution in [1.82, 2.24) is 0 Å². The van der Waals surface area contributed by atoms with Crippen molar-refractivity contribution in [3.63, 3.8) is 0 Å². The zero-order chi connectivity index (χ0) is 22.4. The number of carboxylic acid groups (broad SMARTS) is 1. The third-order valence-corrected chi connectivity index (χ3v) is 6.44. The summed E-state index contributed by atoms with van der Waals surface area (Å²) in [6.07, 6.45) is 5.84. The first-order valence-corrected chi connectivity index (χ1v) is 11.2. The minimum Gasteiger partial charge on any atom is -0.487 e. The second-order valence-electron chi connectivity index (χ2n) is 8.48. The van der Waals surface area contributed by atoms with Gasteiger partial charge in [0.25, 0.3) is 0 Å². The van der Waals surface area contributed by atoms with Crippen LogP contribution in [0.4, 0.5) is 4.39 Å². The fourth-order valence-corrected chi connectivity index (χ4v) is 4.72. The van der Waals surface area contributed by atoms with E-state index in [0.717, 1.165) is 19.3 Å². The number of halogens is 2. The molecule has 2 aliphatic rings. The first-order valence-electron chi connectivity index (χ1n) is 10.8. The van der Waals surface area contributed by atoms with Crippen LogP contribution in [-0.4, -0.2) is 52.8 Å². The van der Waals surface area contributed by atoms with Crippen molar-refractivity contribution in [1.29, 1.82) is 0 Å². The molecule has 0 radical (unpaired) electrons. The Bertz CT molecular complexity index is 772. The molecule has 1 saturated heterocycles. The van der Waals surface area contributed by atoms with Crippen LogP contribution in [0.15, 0.2) is 30.4 Å². The lowest BCUT2D eigenvalue weighted by atomic mass is 9.86. The fraction of sp³-hybridized carbons (Fsp3) is 0.609. The van der Waals surface area contributed by atoms with Crippen LogP contribution in [-0.2, 0) is 9.53 Å². The summed E-state index contributed by atoms with van der Waals surface area (Å²) in [6, 6.07) is 3.98. The summed E-state index contributed by atoms with van der Waals surface area (Å²) in [5.74, 6) is -1.01. The highest BCUT2D eigenvalue weighted by atomic mass is 35.5. The van der Waals surface area contributed by atoms with Crippen LogP contribution in [0.2, 0.25) is 5.02 Å². The number of hydrogen-bond donors (Lipinski definition) is 3. The normalized spacial score (nSPS) is 29.5. The molecule has 6 atom stereocenters. The molecule has 31 heavy (non-hydrogen) atoms. The van der Waals surface area contributed by atoms with E-state index in [0.29, 0.717) is 30.4 Å². The fourth-order valence-electron chi connectivity index (χ4n) is 4.56. The Labute approximate surface area is 186 Å². The van der Waals surface area contributed by atoms with Crippen LogP contribution in [0.1, 0.15) is 38.5 Å². The number of aliphatic carboxylic acids is 1. The summed E-state index contributed by atoms with van der Waals surface area (Å²) in [4.78, 5) is 10.7. The van der Waals surface area contributed by atoms with Gasteiger partial charge in [-0.1, -0.05) is 23.8 Å². The topological polar surface area (TPSA) is 96.2 Å². The van der Waals surface area contributed by atoms with Crippen LogP contribution in [0, 0.1) is 23.6 Å². The number of fused-ring (bicyclic) bond motifs is 1. The lowest BCUT2D eigenvalue weighted by Crippen LogP contribution is -2.22. The Morgan fingerprint density at radius 2 is 2.19 bits per heavy atom. The van der Waals surface area contributed by atoms with Crippen molar-refractivity contribution >= 4 is 17.6 Å². The molecule has 3 rings (SSSR count). The SMILES string of the molecule is O=C(O)CCC[C@H]1CC[C@@H]2[C@@H](/C=C/[C@@H](O)COc3cc(Cl)ccc3F)[C@H](O)C[C@@H]2OC1. The predicted molar refractivity (Wildman–Crippen MR) is 114 cm³/mol. The standard InChI is InChI=1S/C23H30ClFO6/c24-15-5-9-19(25)22(10-15)31-13-16(26)6-8-17-18-7-4-14(2-1-3-23(28)29)12-30-21(18)11-20(17)27/h5-6,8-10,14,16-18,20-21,26-27H,1-4,7,11-13H2,(H,28,29)/b8-6+/t14-,16+,17+,18+,20+,21-/m0/s1. The van der Waals surface area contributed by atoms with Crippen molar-refractivity contribution in [3.8, 4) is 5.75 Å². The number of aliphatic hydroxyl groups is 2. The van der Waals surface area contributed by atoms with Crippen molar-refractivity contribution in [2.45, 2.75) is 56.8 Å². The van der Waals surface area contributed by atoms with Gasteiger partial charge >= 0.3 is 5.97 Å². The molecule has 0 spiro atoms. The lowest BCUT2D eigenvalue weighted by molar-refractivity contribution is -0.137. The van der Waals surface area contributed by atoms with E-state index >= 15 is 0 Å². The van der Waals surface area contributed by atoms with E-state index in [1.807, 2.05) is 6.08 Å². The molecule has 1 aliphatic carbocycles. The molecule has 0 bridgehead atoms. The van der Waals surface area contributed by atoms with E-state index in [4.69, 9.17) is 26.2 Å². The molecule has 2 fully saturated rings. The predicted octanol–water partition coefficient (Wildman–Crippen LogP) is 3.82. The molecular weight excluding hydrogens is 427 g/mol. The van der Waals surface area contributed by atoms with Crippen LogP contribution >= 0.6 is 11.6 Å². The van der Waals surface area contributed by atoms with E-state index < -0.39 is 24.0 Å². The number of hydrogen-bond acceptors (Lipinski definition) is 5. The minimum absolute atomic E-state index is 0.0213. The molecular formula is C23H30ClFO6. The van der Waals surface area contributed by atoms with Crippen molar-refractivity contribution < 1.29 is 34.0 Å². The molecule has 1 saturated carbocycles. The largest absolute Gasteiger partial charge is 0.487 e. The smallest absolute Gasteiger partial charge is 0.303 e. The van der Waals surface area contributed by atoms with Crippen molar-refractivity contribution in [2.24, 2.45) is 17.8 Å². The van der Waals surface area contributed by atoms with Gasteiger partial charge < -0.3 is 24.8 Å². The van der Waals surface area contributed by atoms with Crippen molar-refractivity contribution in [3.05, 3.63) is 41.2 Å². The van der Waals surface area contributed by atoms with Gasteiger partial charge in [0.15, 0.2) is 11.6 Å². The summed E-state index contributed by atoms with van der Waals surface area (Å²) in [6.45, 7) is 0.457. The van der Waals surface area contributed by atoms with Gasteiger partial charge in [-0.2, -0.15) is 0 Å². The third kappa shape index (κ3) is 6.91. The average Bonchev–Trinajstić information content (AvgIpc) is 2.88. The second-order valence-corrected chi connectivity index (χ2v) is 8.92. The van der Waals surface area contributed by atoms with E-state index in [2.05, 4.69) is 0 Å². The quantitative estimate of drug-likeness (QED) is 0.489. The number of ether oxygens (including phenoxy) is 2. The average molecular weight is 457 g/mol.